The number of hydrogen-bond donors (Lipinski definition) is 0. The normalized spacial score (nSPS) is 18.3. The lowest BCUT2D eigenvalue weighted by Gasteiger charge is -2.32. The van der Waals surface area contributed by atoms with Gasteiger partial charge in [-0.15, -0.1) is 11.3 Å². The first kappa shape index (κ1) is 17.4. The maximum atomic E-state index is 12.5. The molecule has 138 valence electrons. The second-order valence-electron chi connectivity index (χ2n) is 7.40. The Bertz CT molecular complexity index is 847. The Hall–Kier alpha value is -2.02. The van der Waals surface area contributed by atoms with Crippen LogP contribution in [0.1, 0.15) is 47.2 Å². The molecule has 3 heterocycles. The van der Waals surface area contributed by atoms with Crippen molar-refractivity contribution in [3.8, 4) is 0 Å². The van der Waals surface area contributed by atoms with Gasteiger partial charge < -0.3 is 4.90 Å². The van der Waals surface area contributed by atoms with Crippen molar-refractivity contribution in [2.45, 2.75) is 51.5 Å². The highest BCUT2D eigenvalue weighted by Crippen LogP contribution is 2.38. The van der Waals surface area contributed by atoms with E-state index in [2.05, 4.69) is 10.1 Å². The quantitative estimate of drug-likeness (QED) is 0.808. The number of likely N-dealkylation sites (tertiary alicyclic amines) is 1. The van der Waals surface area contributed by atoms with E-state index >= 15 is 0 Å². The lowest BCUT2D eigenvalue weighted by Crippen LogP contribution is -2.41. The third-order valence-electron chi connectivity index (χ3n) is 5.28. The molecule has 0 N–H and O–H groups in total. The Balaban J connectivity index is 1.31. The van der Waals surface area contributed by atoms with Gasteiger partial charge in [-0.25, -0.2) is 9.67 Å². The van der Waals surface area contributed by atoms with E-state index in [4.69, 9.17) is 0 Å². The van der Waals surface area contributed by atoms with Gasteiger partial charge in [-0.1, -0.05) is 0 Å². The molecule has 0 spiro atoms. The largest absolute Gasteiger partial charge is 0.342 e. The lowest BCUT2D eigenvalue weighted by atomic mass is 9.96. The molecule has 1 aliphatic heterocycles. The summed E-state index contributed by atoms with van der Waals surface area (Å²) in [6, 6.07) is 3.52. The van der Waals surface area contributed by atoms with E-state index in [1.54, 1.807) is 28.3 Å². The van der Waals surface area contributed by atoms with Crippen molar-refractivity contribution >= 4 is 17.2 Å². The van der Waals surface area contributed by atoms with Gasteiger partial charge in [-0.05, 0) is 44.6 Å². The molecule has 0 radical (unpaired) electrons. The minimum atomic E-state index is -0.0199. The molecule has 0 aromatic carbocycles. The van der Waals surface area contributed by atoms with E-state index in [1.165, 1.54) is 12.8 Å². The van der Waals surface area contributed by atoms with E-state index in [9.17, 15) is 9.59 Å². The highest BCUT2D eigenvalue weighted by molar-refractivity contribution is 7.11. The van der Waals surface area contributed by atoms with Crippen LogP contribution in [0.4, 0.5) is 0 Å². The number of hydrogen-bond acceptors (Lipinski definition) is 5. The zero-order valence-corrected chi connectivity index (χ0v) is 15.9. The Morgan fingerprint density at radius 2 is 2.00 bits per heavy atom. The fraction of sp³-hybridized carbons (Fsp3) is 0.579. The molecule has 0 bridgehead atoms. The van der Waals surface area contributed by atoms with Crippen LogP contribution in [0.15, 0.2) is 23.1 Å². The Kier molecular flexibility index (Phi) is 4.89. The molecule has 2 fully saturated rings. The number of aryl methyl sites for hydroxylation is 1. The first-order valence-corrected chi connectivity index (χ1v) is 10.2. The lowest BCUT2D eigenvalue weighted by molar-refractivity contribution is -0.131. The summed E-state index contributed by atoms with van der Waals surface area (Å²) in [6.45, 7) is 4.14. The van der Waals surface area contributed by atoms with Crippen molar-refractivity contribution in [2.75, 3.05) is 13.1 Å². The Morgan fingerprint density at radius 1 is 1.23 bits per heavy atom. The van der Waals surface area contributed by atoms with Crippen LogP contribution in [0.25, 0.3) is 0 Å². The van der Waals surface area contributed by atoms with E-state index in [0.717, 1.165) is 41.5 Å². The Morgan fingerprint density at radius 3 is 2.65 bits per heavy atom. The van der Waals surface area contributed by atoms with E-state index in [0.29, 0.717) is 24.8 Å². The minimum Gasteiger partial charge on any atom is -0.342 e. The molecule has 1 saturated heterocycles. The average Bonchev–Trinajstić information content (AvgIpc) is 3.40. The van der Waals surface area contributed by atoms with E-state index < -0.39 is 0 Å². The van der Waals surface area contributed by atoms with Crippen molar-refractivity contribution in [1.82, 2.24) is 19.7 Å². The molecule has 1 saturated carbocycles. The summed E-state index contributed by atoms with van der Waals surface area (Å²) in [5.41, 5.74) is 1.03. The summed E-state index contributed by atoms with van der Waals surface area (Å²) in [4.78, 5) is 31.7. The molecule has 4 rings (SSSR count). The monoisotopic (exact) mass is 372 g/mol. The van der Waals surface area contributed by atoms with Crippen LogP contribution in [0.5, 0.6) is 0 Å². The summed E-state index contributed by atoms with van der Waals surface area (Å²) in [5.74, 6) is 1.14. The van der Waals surface area contributed by atoms with Gasteiger partial charge in [0, 0.05) is 42.7 Å². The Labute approximate surface area is 156 Å². The molecule has 2 aliphatic rings. The van der Waals surface area contributed by atoms with Gasteiger partial charge in [0.25, 0.3) is 5.56 Å². The van der Waals surface area contributed by atoms with Crippen molar-refractivity contribution in [3.05, 3.63) is 44.3 Å². The third kappa shape index (κ3) is 4.03. The summed E-state index contributed by atoms with van der Waals surface area (Å²) in [7, 11) is 0. The van der Waals surface area contributed by atoms with Gasteiger partial charge in [-0.2, -0.15) is 5.10 Å². The van der Waals surface area contributed by atoms with Crippen LogP contribution in [0.3, 0.4) is 0 Å². The molecule has 2 aromatic rings. The molecular formula is C19H24N4O2S. The van der Waals surface area contributed by atoms with Gasteiger partial charge in [0.2, 0.25) is 5.91 Å². The maximum absolute atomic E-state index is 12.5. The van der Waals surface area contributed by atoms with Gasteiger partial charge in [0.1, 0.15) is 0 Å². The number of amides is 1. The second kappa shape index (κ2) is 7.31. The molecule has 7 heteroatoms. The summed E-state index contributed by atoms with van der Waals surface area (Å²) in [5, 5.41) is 5.56. The zero-order valence-electron chi connectivity index (χ0n) is 15.1. The van der Waals surface area contributed by atoms with E-state index in [1.807, 2.05) is 17.9 Å². The highest BCUT2D eigenvalue weighted by Gasteiger charge is 2.27. The molecule has 2 aromatic heterocycles. The van der Waals surface area contributed by atoms with Crippen LogP contribution in [-0.4, -0.2) is 38.7 Å². The maximum Gasteiger partial charge on any atom is 0.266 e. The fourth-order valence-corrected chi connectivity index (χ4v) is 4.34. The van der Waals surface area contributed by atoms with E-state index in [-0.39, 0.29) is 11.5 Å². The van der Waals surface area contributed by atoms with Crippen LogP contribution >= 0.6 is 11.3 Å². The van der Waals surface area contributed by atoms with Crippen LogP contribution < -0.4 is 5.56 Å². The van der Waals surface area contributed by atoms with Crippen molar-refractivity contribution < 1.29 is 4.79 Å². The van der Waals surface area contributed by atoms with Gasteiger partial charge in [0.15, 0.2) is 0 Å². The van der Waals surface area contributed by atoms with Crippen molar-refractivity contribution in [2.24, 2.45) is 5.92 Å². The second-order valence-corrected chi connectivity index (χ2v) is 8.72. The molecule has 26 heavy (non-hydrogen) atoms. The van der Waals surface area contributed by atoms with Crippen molar-refractivity contribution in [1.29, 1.82) is 0 Å². The molecule has 0 atom stereocenters. The molecular weight excluding hydrogens is 348 g/mol. The van der Waals surface area contributed by atoms with Gasteiger partial charge in [0.05, 0.1) is 17.1 Å². The third-order valence-corrected chi connectivity index (χ3v) is 6.19. The van der Waals surface area contributed by atoms with Crippen LogP contribution in [0.2, 0.25) is 0 Å². The predicted molar refractivity (Wildman–Crippen MR) is 100 cm³/mol. The standard InChI is InChI=1S/C19H24N4O2S/c1-13-20-11-16(26-13)10-19(25)22-8-6-14(7-9-22)12-23-18(24)5-4-17(21-23)15-2-3-15/h4-5,11,14-15H,2-3,6-10,12H2,1H3. The first-order chi connectivity index (χ1) is 12.6. The fourth-order valence-electron chi connectivity index (χ4n) is 3.55. The van der Waals surface area contributed by atoms with Crippen LogP contribution in [0, 0.1) is 12.8 Å². The molecule has 1 amide bonds. The summed E-state index contributed by atoms with van der Waals surface area (Å²) < 4.78 is 1.63. The average molecular weight is 372 g/mol. The summed E-state index contributed by atoms with van der Waals surface area (Å²) in [6.07, 6.45) is 6.47. The zero-order chi connectivity index (χ0) is 18.1. The molecule has 0 unspecified atom stereocenters. The topological polar surface area (TPSA) is 68.1 Å². The predicted octanol–water partition coefficient (Wildman–Crippen LogP) is 2.37. The van der Waals surface area contributed by atoms with Crippen LogP contribution in [-0.2, 0) is 17.8 Å². The number of carbonyl (C=O) groups is 1. The van der Waals surface area contributed by atoms with Gasteiger partial charge >= 0.3 is 0 Å². The molecule has 6 nitrogen and oxygen atoms in total. The van der Waals surface area contributed by atoms with Gasteiger partial charge in [-0.3, -0.25) is 9.59 Å². The number of rotatable bonds is 5. The number of carbonyl (C=O) groups excluding carboxylic acids is 1. The SMILES string of the molecule is Cc1ncc(CC(=O)N2CCC(Cn3nc(C4CC4)ccc3=O)CC2)s1. The highest BCUT2D eigenvalue weighted by atomic mass is 32.1. The molecule has 1 aliphatic carbocycles. The minimum absolute atomic E-state index is 0.0199. The smallest absolute Gasteiger partial charge is 0.266 e. The number of aromatic nitrogens is 3. The first-order valence-electron chi connectivity index (χ1n) is 9.35. The summed E-state index contributed by atoms with van der Waals surface area (Å²) >= 11 is 1.59. The number of thiazole rings is 1. The number of piperidine rings is 1. The number of nitrogens with zero attached hydrogens (tertiary/aromatic N) is 4. The van der Waals surface area contributed by atoms with Crippen molar-refractivity contribution in [3.63, 3.8) is 0 Å².